The van der Waals surface area contributed by atoms with Crippen LogP contribution in [0.25, 0.3) is 0 Å². The van der Waals surface area contributed by atoms with E-state index in [9.17, 15) is 13.2 Å². The van der Waals surface area contributed by atoms with E-state index in [0.29, 0.717) is 11.1 Å². The number of nitrogens with zero attached hydrogens (tertiary/aromatic N) is 2. The molecule has 20 heavy (non-hydrogen) atoms. The first kappa shape index (κ1) is 16.1. The van der Waals surface area contributed by atoms with Crippen molar-refractivity contribution in [2.24, 2.45) is 0 Å². The molecule has 1 rings (SSSR count). The molecule has 0 saturated heterocycles. The van der Waals surface area contributed by atoms with Crippen LogP contribution in [0.15, 0.2) is 24.3 Å². The molecule has 1 atom stereocenters. The van der Waals surface area contributed by atoms with Crippen molar-refractivity contribution in [1.29, 1.82) is 5.26 Å². The van der Waals surface area contributed by atoms with Crippen LogP contribution in [0.5, 0.6) is 0 Å². The van der Waals surface area contributed by atoms with Gasteiger partial charge in [0.05, 0.1) is 17.4 Å². The second kappa shape index (κ2) is 6.50. The Morgan fingerprint density at radius 1 is 1.40 bits per heavy atom. The molecule has 0 aliphatic carbocycles. The molecule has 0 saturated carbocycles. The number of hydrogen-bond donors (Lipinski definition) is 1. The van der Waals surface area contributed by atoms with Gasteiger partial charge in [-0.15, -0.1) is 0 Å². The van der Waals surface area contributed by atoms with Crippen molar-refractivity contribution in [3.05, 3.63) is 35.4 Å². The normalized spacial score (nSPS) is 12.9. The Morgan fingerprint density at radius 2 is 1.95 bits per heavy atom. The van der Waals surface area contributed by atoms with E-state index in [0.717, 1.165) is 4.31 Å². The van der Waals surface area contributed by atoms with Crippen molar-refractivity contribution in [2.75, 3.05) is 7.05 Å². The summed E-state index contributed by atoms with van der Waals surface area (Å²) in [5.74, 6) is -1.46. The molecule has 0 amide bonds. The molecule has 1 aromatic rings. The van der Waals surface area contributed by atoms with E-state index in [1.54, 1.807) is 19.1 Å². The summed E-state index contributed by atoms with van der Waals surface area (Å²) >= 11 is 0. The molecule has 0 radical (unpaired) electrons. The first-order chi connectivity index (χ1) is 9.31. The van der Waals surface area contributed by atoms with Crippen LogP contribution in [0, 0.1) is 11.3 Å². The van der Waals surface area contributed by atoms with Gasteiger partial charge in [0.15, 0.2) is 0 Å². The van der Waals surface area contributed by atoms with Crippen LogP contribution in [-0.4, -0.2) is 36.9 Å². The van der Waals surface area contributed by atoms with Gasteiger partial charge in [0.2, 0.25) is 10.0 Å². The highest BCUT2D eigenvalue weighted by molar-refractivity contribution is 7.88. The second-order valence-electron chi connectivity index (χ2n) is 4.34. The smallest absolute Gasteiger partial charge is 0.321 e. The Balaban J connectivity index is 2.93. The molecule has 1 N–H and O–H groups in total. The molecular weight excluding hydrogens is 280 g/mol. The topological polar surface area (TPSA) is 98.5 Å². The predicted octanol–water partition coefficient (Wildman–Crippen LogP) is 1.18. The summed E-state index contributed by atoms with van der Waals surface area (Å²) < 4.78 is 25.2. The molecule has 0 aromatic heterocycles. The summed E-state index contributed by atoms with van der Waals surface area (Å²) in [4.78, 5) is 11.0. The number of nitriles is 1. The Kier molecular flexibility index (Phi) is 5.25. The van der Waals surface area contributed by atoms with E-state index >= 15 is 0 Å². The molecule has 0 bridgehead atoms. The lowest BCUT2D eigenvalue weighted by molar-refractivity contribution is -0.141. The fourth-order valence-electron chi connectivity index (χ4n) is 1.77. The molecule has 0 aliphatic rings. The molecule has 0 spiro atoms. The van der Waals surface area contributed by atoms with Crippen LogP contribution in [0.2, 0.25) is 0 Å². The zero-order valence-electron chi connectivity index (χ0n) is 11.3. The van der Waals surface area contributed by atoms with Crippen molar-refractivity contribution in [2.45, 2.75) is 25.1 Å². The number of carboxylic acids is 1. The first-order valence-electron chi connectivity index (χ1n) is 5.99. The lowest BCUT2D eigenvalue weighted by Gasteiger charge is -2.23. The van der Waals surface area contributed by atoms with Gasteiger partial charge >= 0.3 is 5.97 Å². The second-order valence-corrected chi connectivity index (χ2v) is 6.37. The Morgan fingerprint density at radius 3 is 2.35 bits per heavy atom. The number of carboxylic acid groups (broad SMARTS) is 1. The Bertz CT molecular complexity index is 617. The number of aliphatic carboxylic acids is 1. The van der Waals surface area contributed by atoms with Gasteiger partial charge in [-0.1, -0.05) is 19.1 Å². The minimum Gasteiger partial charge on any atom is -0.480 e. The number of likely N-dealkylation sites (N-methyl/N-ethyl adjacent to an activating group) is 1. The first-order valence-corrected chi connectivity index (χ1v) is 7.60. The highest BCUT2D eigenvalue weighted by atomic mass is 32.2. The minimum atomic E-state index is -3.72. The fourth-order valence-corrected chi connectivity index (χ4v) is 3.21. The largest absolute Gasteiger partial charge is 0.480 e. The van der Waals surface area contributed by atoms with Crippen LogP contribution < -0.4 is 0 Å². The van der Waals surface area contributed by atoms with Gasteiger partial charge < -0.3 is 5.11 Å². The third-order valence-electron chi connectivity index (χ3n) is 2.98. The van der Waals surface area contributed by atoms with Gasteiger partial charge in [-0.25, -0.2) is 8.42 Å². The molecule has 6 nitrogen and oxygen atoms in total. The number of sulfonamides is 1. The van der Waals surface area contributed by atoms with Gasteiger partial charge in [-0.3, -0.25) is 4.79 Å². The average Bonchev–Trinajstić information content (AvgIpc) is 2.39. The third-order valence-corrected chi connectivity index (χ3v) is 4.81. The van der Waals surface area contributed by atoms with E-state index < -0.39 is 22.0 Å². The summed E-state index contributed by atoms with van der Waals surface area (Å²) in [5, 5.41) is 17.7. The lowest BCUT2D eigenvalue weighted by Crippen LogP contribution is -2.42. The maximum atomic E-state index is 12.2. The zero-order chi connectivity index (χ0) is 15.3. The molecule has 108 valence electrons. The van der Waals surface area contributed by atoms with E-state index in [4.69, 9.17) is 10.4 Å². The van der Waals surface area contributed by atoms with E-state index in [1.165, 1.54) is 19.2 Å². The molecule has 1 aromatic carbocycles. The standard InChI is InChI=1S/C13H16N2O4S/c1-3-12(13(16)17)15(2)20(18,19)9-11-6-4-10(8-14)5-7-11/h4-7,12H,3,9H2,1-2H3,(H,16,17). The predicted molar refractivity (Wildman–Crippen MR) is 73.3 cm³/mol. The van der Waals surface area contributed by atoms with Crippen LogP contribution in [0.1, 0.15) is 24.5 Å². The molecule has 0 fully saturated rings. The monoisotopic (exact) mass is 296 g/mol. The summed E-state index contributed by atoms with van der Waals surface area (Å²) in [6, 6.07) is 7.02. The van der Waals surface area contributed by atoms with Crippen molar-refractivity contribution in [1.82, 2.24) is 4.31 Å². The maximum absolute atomic E-state index is 12.2. The van der Waals surface area contributed by atoms with Crippen LogP contribution in [0.4, 0.5) is 0 Å². The van der Waals surface area contributed by atoms with Gasteiger partial charge in [-0.05, 0) is 24.1 Å². The van der Waals surface area contributed by atoms with Crippen molar-refractivity contribution >= 4 is 16.0 Å². The van der Waals surface area contributed by atoms with E-state index in [-0.39, 0.29) is 12.2 Å². The van der Waals surface area contributed by atoms with Gasteiger partial charge in [0, 0.05) is 7.05 Å². The third kappa shape index (κ3) is 3.79. The van der Waals surface area contributed by atoms with Crippen LogP contribution in [-0.2, 0) is 20.6 Å². The van der Waals surface area contributed by atoms with Crippen LogP contribution >= 0.6 is 0 Å². The van der Waals surface area contributed by atoms with Crippen LogP contribution in [0.3, 0.4) is 0 Å². The SMILES string of the molecule is CCC(C(=O)O)N(C)S(=O)(=O)Cc1ccc(C#N)cc1. The zero-order valence-corrected chi connectivity index (χ0v) is 12.1. The van der Waals surface area contributed by atoms with Gasteiger partial charge in [0.1, 0.15) is 6.04 Å². The molecule has 1 unspecified atom stereocenters. The van der Waals surface area contributed by atoms with E-state index in [2.05, 4.69) is 0 Å². The summed E-state index contributed by atoms with van der Waals surface area (Å²) in [6.45, 7) is 1.62. The number of benzene rings is 1. The van der Waals surface area contributed by atoms with Crippen molar-refractivity contribution in [3.63, 3.8) is 0 Å². The quantitative estimate of drug-likeness (QED) is 0.850. The lowest BCUT2D eigenvalue weighted by atomic mass is 10.2. The number of rotatable bonds is 6. The molecule has 0 aliphatic heterocycles. The fraction of sp³-hybridized carbons (Fsp3) is 0.385. The Labute approximate surface area is 118 Å². The van der Waals surface area contributed by atoms with Crippen molar-refractivity contribution < 1.29 is 18.3 Å². The number of hydrogen-bond acceptors (Lipinski definition) is 4. The van der Waals surface area contributed by atoms with E-state index in [1.807, 2.05) is 6.07 Å². The van der Waals surface area contributed by atoms with Gasteiger partial charge in [0.25, 0.3) is 0 Å². The summed E-state index contributed by atoms with van der Waals surface area (Å²) in [5.41, 5.74) is 0.951. The summed E-state index contributed by atoms with van der Waals surface area (Å²) in [6.07, 6.45) is 0.193. The molecule has 0 heterocycles. The molecular formula is C13H16N2O4S. The Hall–Kier alpha value is -1.91. The van der Waals surface area contributed by atoms with Gasteiger partial charge in [-0.2, -0.15) is 9.57 Å². The maximum Gasteiger partial charge on any atom is 0.321 e. The van der Waals surface area contributed by atoms with Crippen molar-refractivity contribution in [3.8, 4) is 6.07 Å². The highest BCUT2D eigenvalue weighted by Crippen LogP contribution is 2.14. The molecule has 7 heteroatoms. The summed E-state index contributed by atoms with van der Waals surface area (Å²) in [7, 11) is -2.45. The minimum absolute atomic E-state index is 0.193. The average molecular weight is 296 g/mol. The number of carbonyl (C=O) groups is 1. The highest BCUT2D eigenvalue weighted by Gasteiger charge is 2.30.